The molecule has 1 amide bonds. The first-order valence-corrected chi connectivity index (χ1v) is 5.96. The SMILES string of the molecule is O=C(Nc1cn[nH]c1)c1csc(-c2cn[nH]c2)n1. The number of thiazole rings is 1. The Morgan fingerprint density at radius 2 is 2.06 bits per heavy atom. The van der Waals surface area contributed by atoms with Crippen molar-refractivity contribution in [2.24, 2.45) is 0 Å². The van der Waals surface area contributed by atoms with Crippen molar-refractivity contribution in [3.8, 4) is 10.6 Å². The van der Waals surface area contributed by atoms with Gasteiger partial charge in [0.2, 0.25) is 0 Å². The number of carbonyl (C=O) groups excluding carboxylic acids is 1. The lowest BCUT2D eigenvalue weighted by Crippen LogP contribution is -2.11. The first kappa shape index (κ1) is 10.7. The first-order chi connectivity index (χ1) is 8.83. The van der Waals surface area contributed by atoms with Gasteiger partial charge in [-0.25, -0.2) is 4.98 Å². The van der Waals surface area contributed by atoms with Crippen molar-refractivity contribution in [2.75, 3.05) is 5.32 Å². The van der Waals surface area contributed by atoms with Gasteiger partial charge in [0.1, 0.15) is 10.7 Å². The molecule has 7 nitrogen and oxygen atoms in total. The predicted molar refractivity (Wildman–Crippen MR) is 66.2 cm³/mol. The molecule has 3 N–H and O–H groups in total. The van der Waals surface area contributed by atoms with Crippen LogP contribution >= 0.6 is 11.3 Å². The molecule has 0 aliphatic heterocycles. The first-order valence-electron chi connectivity index (χ1n) is 5.08. The Morgan fingerprint density at radius 1 is 1.22 bits per heavy atom. The second-order valence-electron chi connectivity index (χ2n) is 3.47. The molecule has 0 unspecified atom stereocenters. The fraction of sp³-hybridized carbons (Fsp3) is 0. The van der Waals surface area contributed by atoms with Gasteiger partial charge in [-0.15, -0.1) is 11.3 Å². The zero-order valence-electron chi connectivity index (χ0n) is 9.04. The number of nitrogens with zero attached hydrogens (tertiary/aromatic N) is 3. The zero-order valence-corrected chi connectivity index (χ0v) is 9.86. The second kappa shape index (κ2) is 4.41. The van der Waals surface area contributed by atoms with Gasteiger partial charge in [-0.2, -0.15) is 10.2 Å². The third kappa shape index (κ3) is 2.00. The third-order valence-corrected chi connectivity index (χ3v) is 3.13. The summed E-state index contributed by atoms with van der Waals surface area (Å²) in [6, 6.07) is 0. The fourth-order valence-corrected chi connectivity index (χ4v) is 2.17. The highest BCUT2D eigenvalue weighted by Gasteiger charge is 2.12. The smallest absolute Gasteiger partial charge is 0.275 e. The number of aromatic amines is 2. The molecule has 18 heavy (non-hydrogen) atoms. The zero-order chi connectivity index (χ0) is 12.4. The predicted octanol–water partition coefficient (Wildman–Crippen LogP) is 1.51. The lowest BCUT2D eigenvalue weighted by molar-refractivity contribution is 0.102. The average Bonchev–Trinajstić information content (AvgIpc) is 3.11. The van der Waals surface area contributed by atoms with Gasteiger partial charge in [0, 0.05) is 23.3 Å². The van der Waals surface area contributed by atoms with Crippen LogP contribution in [0.15, 0.2) is 30.2 Å². The van der Waals surface area contributed by atoms with Crippen LogP contribution in [0.3, 0.4) is 0 Å². The molecule has 3 aromatic rings. The van der Waals surface area contributed by atoms with Gasteiger partial charge in [0.05, 0.1) is 18.1 Å². The molecular formula is C10H8N6OS. The van der Waals surface area contributed by atoms with E-state index >= 15 is 0 Å². The Labute approximate surface area is 105 Å². The molecule has 0 saturated carbocycles. The minimum Gasteiger partial charge on any atom is -0.318 e. The summed E-state index contributed by atoms with van der Waals surface area (Å²) in [5.41, 5.74) is 1.85. The van der Waals surface area contributed by atoms with Crippen LogP contribution in [-0.2, 0) is 0 Å². The highest BCUT2D eigenvalue weighted by Crippen LogP contribution is 2.22. The molecule has 3 rings (SSSR count). The van der Waals surface area contributed by atoms with E-state index in [-0.39, 0.29) is 5.91 Å². The molecule has 90 valence electrons. The molecule has 8 heteroatoms. The molecule has 0 atom stereocenters. The van der Waals surface area contributed by atoms with Crippen LogP contribution in [-0.4, -0.2) is 31.3 Å². The number of aromatic nitrogens is 5. The molecule has 3 heterocycles. The molecule has 0 bridgehead atoms. The quantitative estimate of drug-likeness (QED) is 0.664. The van der Waals surface area contributed by atoms with Crippen LogP contribution in [0.4, 0.5) is 5.69 Å². The van der Waals surface area contributed by atoms with Crippen LogP contribution in [0, 0.1) is 0 Å². The van der Waals surface area contributed by atoms with Gasteiger partial charge < -0.3 is 5.32 Å². The highest BCUT2D eigenvalue weighted by atomic mass is 32.1. The van der Waals surface area contributed by atoms with Gasteiger partial charge in [0.25, 0.3) is 5.91 Å². The summed E-state index contributed by atoms with van der Waals surface area (Å²) in [5.74, 6) is -0.262. The number of anilines is 1. The minimum atomic E-state index is -0.262. The van der Waals surface area contributed by atoms with Crippen molar-refractivity contribution < 1.29 is 4.79 Å². The number of hydrogen-bond donors (Lipinski definition) is 3. The third-order valence-electron chi connectivity index (χ3n) is 2.24. The Kier molecular flexibility index (Phi) is 2.61. The summed E-state index contributed by atoms with van der Waals surface area (Å²) < 4.78 is 0. The maximum absolute atomic E-state index is 11.9. The lowest BCUT2D eigenvalue weighted by Gasteiger charge is -1.97. The Morgan fingerprint density at radius 3 is 2.78 bits per heavy atom. The van der Waals surface area contributed by atoms with E-state index < -0.39 is 0 Å². The molecule has 0 spiro atoms. The topological polar surface area (TPSA) is 99.4 Å². The van der Waals surface area contributed by atoms with Gasteiger partial charge in [-0.3, -0.25) is 15.0 Å². The minimum absolute atomic E-state index is 0.262. The number of nitrogens with one attached hydrogen (secondary N) is 3. The van der Waals surface area contributed by atoms with E-state index in [1.165, 1.54) is 17.5 Å². The lowest BCUT2D eigenvalue weighted by atomic mass is 10.4. The molecule has 3 aromatic heterocycles. The standard InChI is InChI=1S/C10H8N6OS/c17-9(15-7-3-13-14-4-7)8-5-18-10(16-8)6-1-11-12-2-6/h1-5H,(H,11,12)(H,13,14)(H,15,17). The molecule has 0 aromatic carbocycles. The van der Waals surface area contributed by atoms with E-state index in [0.29, 0.717) is 11.4 Å². The van der Waals surface area contributed by atoms with Gasteiger partial charge >= 0.3 is 0 Å². The van der Waals surface area contributed by atoms with Crippen molar-refractivity contribution in [2.45, 2.75) is 0 Å². The van der Waals surface area contributed by atoms with E-state index in [9.17, 15) is 4.79 Å². The number of carbonyl (C=O) groups is 1. The van der Waals surface area contributed by atoms with E-state index in [0.717, 1.165) is 10.6 Å². The van der Waals surface area contributed by atoms with Crippen LogP contribution in [0.5, 0.6) is 0 Å². The molecular weight excluding hydrogens is 252 g/mol. The van der Waals surface area contributed by atoms with Crippen molar-refractivity contribution in [3.05, 3.63) is 35.9 Å². The van der Waals surface area contributed by atoms with Crippen molar-refractivity contribution in [1.29, 1.82) is 0 Å². The van der Waals surface area contributed by atoms with Gasteiger partial charge in [-0.1, -0.05) is 0 Å². The summed E-state index contributed by atoms with van der Waals surface area (Å²) in [4.78, 5) is 16.1. The van der Waals surface area contributed by atoms with E-state index in [1.54, 1.807) is 24.0 Å². The summed E-state index contributed by atoms with van der Waals surface area (Å²) in [7, 11) is 0. The van der Waals surface area contributed by atoms with Crippen molar-refractivity contribution in [3.63, 3.8) is 0 Å². The molecule has 0 fully saturated rings. The molecule has 0 aliphatic carbocycles. The monoisotopic (exact) mass is 260 g/mol. The van der Waals surface area contributed by atoms with Crippen LogP contribution in [0.25, 0.3) is 10.6 Å². The number of H-pyrrole nitrogens is 2. The Balaban J connectivity index is 1.79. The second-order valence-corrected chi connectivity index (χ2v) is 4.32. The summed E-state index contributed by atoms with van der Waals surface area (Å²) >= 11 is 1.39. The van der Waals surface area contributed by atoms with E-state index in [4.69, 9.17) is 0 Å². The van der Waals surface area contributed by atoms with Crippen molar-refractivity contribution >= 4 is 22.9 Å². The number of hydrogen-bond acceptors (Lipinski definition) is 5. The van der Waals surface area contributed by atoms with Crippen LogP contribution in [0.2, 0.25) is 0 Å². The maximum atomic E-state index is 11.9. The normalized spacial score (nSPS) is 10.4. The fourth-order valence-electron chi connectivity index (χ4n) is 1.39. The maximum Gasteiger partial charge on any atom is 0.275 e. The van der Waals surface area contributed by atoms with Gasteiger partial charge in [0.15, 0.2) is 0 Å². The van der Waals surface area contributed by atoms with Crippen LogP contribution < -0.4 is 5.32 Å². The largest absolute Gasteiger partial charge is 0.318 e. The highest BCUT2D eigenvalue weighted by molar-refractivity contribution is 7.13. The summed E-state index contributed by atoms with van der Waals surface area (Å²) in [5, 5.41) is 18.1. The van der Waals surface area contributed by atoms with E-state index in [2.05, 4.69) is 30.7 Å². The summed E-state index contributed by atoms with van der Waals surface area (Å²) in [6.45, 7) is 0. The molecule has 0 radical (unpaired) electrons. The van der Waals surface area contributed by atoms with Crippen LogP contribution in [0.1, 0.15) is 10.5 Å². The number of rotatable bonds is 3. The molecule has 0 saturated heterocycles. The average molecular weight is 260 g/mol. The summed E-state index contributed by atoms with van der Waals surface area (Å²) in [6.07, 6.45) is 6.52. The van der Waals surface area contributed by atoms with E-state index in [1.807, 2.05) is 0 Å². The number of amides is 1. The van der Waals surface area contributed by atoms with Gasteiger partial charge in [-0.05, 0) is 0 Å². The Bertz CT molecular complexity index is 642. The Hall–Kier alpha value is -2.48. The molecule has 0 aliphatic rings. The van der Waals surface area contributed by atoms with Crippen molar-refractivity contribution in [1.82, 2.24) is 25.4 Å².